The van der Waals surface area contributed by atoms with Gasteiger partial charge in [0.2, 0.25) is 0 Å². The second-order valence-electron chi connectivity index (χ2n) is 9.19. The lowest BCUT2D eigenvalue weighted by molar-refractivity contribution is 0.102. The zero-order chi connectivity index (χ0) is 22.9. The first-order chi connectivity index (χ1) is 15.2. The van der Waals surface area contributed by atoms with Crippen LogP contribution in [0.2, 0.25) is 0 Å². The van der Waals surface area contributed by atoms with Gasteiger partial charge in [-0.25, -0.2) is 4.98 Å². The maximum Gasteiger partial charge on any atom is 0.262 e. The summed E-state index contributed by atoms with van der Waals surface area (Å²) in [4.78, 5) is 19.6. The number of anilines is 2. The molecule has 32 heavy (non-hydrogen) atoms. The van der Waals surface area contributed by atoms with Crippen LogP contribution in [0.4, 0.5) is 11.6 Å². The molecule has 0 spiro atoms. The van der Waals surface area contributed by atoms with Crippen molar-refractivity contribution in [2.24, 2.45) is 0 Å². The molecule has 170 valence electrons. The number of hydrogen-bond donors (Lipinski definition) is 2. The number of rotatable bonds is 6. The number of amides is 1. The number of imidazole rings is 1. The third-order valence-electron chi connectivity index (χ3n) is 5.26. The second-order valence-corrected chi connectivity index (χ2v) is 9.19. The van der Waals surface area contributed by atoms with E-state index in [1.807, 2.05) is 30.5 Å². The maximum absolute atomic E-state index is 13.0. The fourth-order valence-corrected chi connectivity index (χ4v) is 4.03. The van der Waals surface area contributed by atoms with E-state index >= 15 is 0 Å². The predicted octanol–water partition coefficient (Wildman–Crippen LogP) is 3.05. The number of aryl methyl sites for hydroxylation is 1. The van der Waals surface area contributed by atoms with Gasteiger partial charge >= 0.3 is 0 Å². The summed E-state index contributed by atoms with van der Waals surface area (Å²) < 4.78 is 7.50. The summed E-state index contributed by atoms with van der Waals surface area (Å²) in [5, 5.41) is 15.0. The first kappa shape index (κ1) is 22.0. The van der Waals surface area contributed by atoms with Gasteiger partial charge in [0.15, 0.2) is 11.6 Å². The normalized spacial score (nSPS) is 16.5. The minimum atomic E-state index is -0.306. The third-order valence-corrected chi connectivity index (χ3v) is 5.26. The largest absolute Gasteiger partial charge is 0.493 e. The monoisotopic (exact) mass is 437 g/mol. The topological polar surface area (TPSA) is 96.7 Å². The van der Waals surface area contributed by atoms with E-state index in [4.69, 9.17) is 4.74 Å². The van der Waals surface area contributed by atoms with E-state index in [1.54, 1.807) is 18.3 Å². The molecule has 9 nitrogen and oxygen atoms in total. The van der Waals surface area contributed by atoms with Crippen LogP contribution in [-0.4, -0.2) is 56.8 Å². The fraction of sp³-hybridized carbons (Fsp3) is 0.478. The molecule has 2 N–H and O–H groups in total. The van der Waals surface area contributed by atoms with Crippen molar-refractivity contribution in [3.63, 3.8) is 0 Å². The minimum absolute atomic E-state index is 0.0826. The third kappa shape index (κ3) is 4.99. The Morgan fingerprint density at radius 1 is 1.25 bits per heavy atom. The standard InChI is InChI=1S/C23H31N7O2/c1-6-32-18-11-21-24-15(2)12-30(21)14-17(18)22(31)25-19-7-8-20(28-27-19)29-10-9-16(13-29)26-23(3,4)5/h7-8,11-12,14,16,26H,6,9-10,13H2,1-5H3,(H,25,27,31)/t16-/m1/s1. The molecule has 0 aliphatic carbocycles. The zero-order valence-electron chi connectivity index (χ0n) is 19.3. The van der Waals surface area contributed by atoms with E-state index in [0.717, 1.165) is 36.7 Å². The Morgan fingerprint density at radius 2 is 2.06 bits per heavy atom. The number of hydrogen-bond acceptors (Lipinski definition) is 7. The fourth-order valence-electron chi connectivity index (χ4n) is 4.03. The molecule has 1 atom stereocenters. The van der Waals surface area contributed by atoms with Crippen LogP contribution in [0.1, 0.15) is 50.2 Å². The molecule has 0 bridgehead atoms. The summed E-state index contributed by atoms with van der Waals surface area (Å²) in [6, 6.07) is 5.88. The summed E-state index contributed by atoms with van der Waals surface area (Å²) in [6.45, 7) is 12.6. The van der Waals surface area contributed by atoms with Gasteiger partial charge < -0.3 is 24.7 Å². The Bertz CT molecular complexity index is 1100. The summed E-state index contributed by atoms with van der Waals surface area (Å²) in [5.74, 6) is 1.39. The Labute approximate surface area is 188 Å². The highest BCUT2D eigenvalue weighted by molar-refractivity contribution is 6.05. The van der Waals surface area contributed by atoms with Crippen LogP contribution >= 0.6 is 0 Å². The van der Waals surface area contributed by atoms with Crippen molar-refractivity contribution < 1.29 is 9.53 Å². The zero-order valence-corrected chi connectivity index (χ0v) is 19.3. The molecule has 9 heteroatoms. The van der Waals surface area contributed by atoms with Crippen molar-refractivity contribution in [3.05, 3.63) is 41.9 Å². The van der Waals surface area contributed by atoms with Crippen LogP contribution in [0.5, 0.6) is 5.75 Å². The minimum Gasteiger partial charge on any atom is -0.493 e. The van der Waals surface area contributed by atoms with Crippen molar-refractivity contribution in [1.82, 2.24) is 24.9 Å². The van der Waals surface area contributed by atoms with Gasteiger partial charge in [0.1, 0.15) is 11.4 Å². The second kappa shape index (κ2) is 8.74. The highest BCUT2D eigenvalue weighted by Gasteiger charge is 2.26. The SMILES string of the molecule is CCOc1cc2nc(C)cn2cc1C(=O)Nc1ccc(N2CC[C@@H](NC(C)(C)C)C2)nn1. The van der Waals surface area contributed by atoms with Gasteiger partial charge in [-0.15, -0.1) is 10.2 Å². The predicted molar refractivity (Wildman–Crippen MR) is 125 cm³/mol. The summed E-state index contributed by atoms with van der Waals surface area (Å²) in [6.07, 6.45) is 4.66. The van der Waals surface area contributed by atoms with Crippen molar-refractivity contribution in [2.75, 3.05) is 29.9 Å². The van der Waals surface area contributed by atoms with E-state index in [9.17, 15) is 4.79 Å². The molecule has 3 aromatic rings. The number of aromatic nitrogens is 4. The van der Waals surface area contributed by atoms with Gasteiger partial charge in [0, 0.05) is 43.1 Å². The van der Waals surface area contributed by atoms with Crippen molar-refractivity contribution in [1.29, 1.82) is 0 Å². The quantitative estimate of drug-likeness (QED) is 0.612. The van der Waals surface area contributed by atoms with Crippen molar-refractivity contribution in [2.45, 2.75) is 52.6 Å². The summed E-state index contributed by atoms with van der Waals surface area (Å²) in [5.41, 5.74) is 2.10. The number of ether oxygens (including phenoxy) is 1. The summed E-state index contributed by atoms with van der Waals surface area (Å²) in [7, 11) is 0. The molecule has 1 aliphatic heterocycles. The lowest BCUT2D eigenvalue weighted by Gasteiger charge is -2.26. The Balaban J connectivity index is 1.46. The molecular formula is C23H31N7O2. The van der Waals surface area contributed by atoms with Crippen LogP contribution < -0.4 is 20.3 Å². The Hall–Kier alpha value is -3.20. The van der Waals surface area contributed by atoms with Crippen LogP contribution in [-0.2, 0) is 0 Å². The van der Waals surface area contributed by atoms with Gasteiger partial charge in [-0.3, -0.25) is 4.79 Å². The molecule has 1 fully saturated rings. The van der Waals surface area contributed by atoms with Crippen LogP contribution in [0.15, 0.2) is 30.6 Å². The number of nitrogens with one attached hydrogen (secondary N) is 2. The van der Waals surface area contributed by atoms with Gasteiger partial charge in [0.25, 0.3) is 5.91 Å². The van der Waals surface area contributed by atoms with Gasteiger partial charge in [-0.2, -0.15) is 0 Å². The smallest absolute Gasteiger partial charge is 0.262 e. The number of carbonyl (C=O) groups excluding carboxylic acids is 1. The lowest BCUT2D eigenvalue weighted by Crippen LogP contribution is -2.45. The Kier molecular flexibility index (Phi) is 6.01. The summed E-state index contributed by atoms with van der Waals surface area (Å²) >= 11 is 0. The van der Waals surface area contributed by atoms with Crippen molar-refractivity contribution >= 4 is 23.2 Å². The van der Waals surface area contributed by atoms with E-state index in [0.29, 0.717) is 29.8 Å². The van der Waals surface area contributed by atoms with Gasteiger partial charge in [-0.1, -0.05) is 0 Å². The van der Waals surface area contributed by atoms with Crippen LogP contribution in [0.25, 0.3) is 5.65 Å². The number of nitrogens with zero attached hydrogens (tertiary/aromatic N) is 5. The molecule has 1 saturated heterocycles. The molecule has 1 aliphatic rings. The number of carbonyl (C=O) groups is 1. The molecule has 4 rings (SSSR count). The molecule has 0 saturated carbocycles. The molecule has 0 radical (unpaired) electrons. The Morgan fingerprint density at radius 3 is 2.75 bits per heavy atom. The first-order valence-electron chi connectivity index (χ1n) is 11.0. The van der Waals surface area contributed by atoms with E-state index < -0.39 is 0 Å². The van der Waals surface area contributed by atoms with Crippen molar-refractivity contribution in [3.8, 4) is 5.75 Å². The van der Waals surface area contributed by atoms with Crippen LogP contribution in [0, 0.1) is 6.92 Å². The van der Waals surface area contributed by atoms with E-state index in [-0.39, 0.29) is 11.4 Å². The van der Waals surface area contributed by atoms with E-state index in [2.05, 4.69) is 51.5 Å². The highest BCUT2D eigenvalue weighted by Crippen LogP contribution is 2.24. The van der Waals surface area contributed by atoms with Gasteiger partial charge in [-0.05, 0) is 53.2 Å². The van der Waals surface area contributed by atoms with Gasteiger partial charge in [0.05, 0.1) is 17.9 Å². The van der Waals surface area contributed by atoms with E-state index in [1.165, 1.54) is 0 Å². The molecule has 0 aromatic carbocycles. The lowest BCUT2D eigenvalue weighted by atomic mass is 10.1. The van der Waals surface area contributed by atoms with Crippen LogP contribution in [0.3, 0.4) is 0 Å². The average Bonchev–Trinajstić information content (AvgIpc) is 3.32. The first-order valence-corrected chi connectivity index (χ1v) is 11.0. The molecule has 3 aromatic heterocycles. The molecule has 4 heterocycles. The maximum atomic E-state index is 13.0. The number of fused-ring (bicyclic) bond motifs is 1. The molecule has 0 unspecified atom stereocenters. The number of pyridine rings is 1. The highest BCUT2D eigenvalue weighted by atomic mass is 16.5. The average molecular weight is 438 g/mol. The molecule has 1 amide bonds. The molecular weight excluding hydrogens is 406 g/mol.